The van der Waals surface area contributed by atoms with E-state index < -0.39 is 0 Å². The molecule has 0 spiro atoms. The molecule has 2 atom stereocenters. The van der Waals surface area contributed by atoms with Crippen molar-refractivity contribution in [2.24, 2.45) is 11.8 Å². The molecule has 0 aromatic carbocycles. The molecule has 1 aliphatic carbocycles. The van der Waals surface area contributed by atoms with Crippen LogP contribution in [0.25, 0.3) is 0 Å². The number of furan rings is 1. The van der Waals surface area contributed by atoms with Gasteiger partial charge in [-0.1, -0.05) is 13.8 Å². The second-order valence-electron chi connectivity index (χ2n) is 6.17. The maximum Gasteiger partial charge on any atom is 0.122 e. The lowest BCUT2D eigenvalue weighted by molar-refractivity contribution is 0.283. The van der Waals surface area contributed by atoms with E-state index in [2.05, 4.69) is 30.1 Å². The van der Waals surface area contributed by atoms with E-state index in [1.165, 1.54) is 31.5 Å². The van der Waals surface area contributed by atoms with Gasteiger partial charge in [0.2, 0.25) is 0 Å². The van der Waals surface area contributed by atoms with Gasteiger partial charge in [-0.3, -0.25) is 4.90 Å². The van der Waals surface area contributed by atoms with Crippen LogP contribution in [-0.4, -0.2) is 24.0 Å². The van der Waals surface area contributed by atoms with E-state index in [-0.39, 0.29) is 0 Å². The molecule has 2 unspecified atom stereocenters. The van der Waals surface area contributed by atoms with Crippen molar-refractivity contribution in [3.63, 3.8) is 0 Å². The molecule has 1 saturated carbocycles. The summed E-state index contributed by atoms with van der Waals surface area (Å²) < 4.78 is 5.67. The molecule has 2 aliphatic rings. The minimum absolute atomic E-state index is 0.764. The fraction of sp³-hybridized carbons (Fsp3) is 0.733. The van der Waals surface area contributed by atoms with Crippen molar-refractivity contribution < 1.29 is 4.42 Å². The maximum absolute atomic E-state index is 5.67. The average Bonchev–Trinajstić information content (AvgIpc) is 2.99. The summed E-state index contributed by atoms with van der Waals surface area (Å²) >= 11 is 0. The van der Waals surface area contributed by atoms with E-state index >= 15 is 0 Å². The normalized spacial score (nSPS) is 29.0. The summed E-state index contributed by atoms with van der Waals surface area (Å²) in [4.78, 5) is 2.52. The minimum Gasteiger partial charge on any atom is -0.468 e. The van der Waals surface area contributed by atoms with Gasteiger partial charge in [0.15, 0.2) is 0 Å². The Morgan fingerprint density at radius 3 is 2.67 bits per heavy atom. The van der Waals surface area contributed by atoms with Gasteiger partial charge in [0.05, 0.1) is 12.8 Å². The van der Waals surface area contributed by atoms with Crippen LogP contribution in [0.1, 0.15) is 38.0 Å². The zero-order valence-electron chi connectivity index (χ0n) is 11.5. The predicted molar refractivity (Wildman–Crippen MR) is 72.2 cm³/mol. The summed E-state index contributed by atoms with van der Waals surface area (Å²) in [6.45, 7) is 9.05. The van der Waals surface area contributed by atoms with Crippen LogP contribution in [0.5, 0.6) is 0 Å². The number of hydrogen-bond donors (Lipinski definition) is 1. The first kappa shape index (κ1) is 12.2. The number of rotatable bonds is 5. The molecule has 1 saturated heterocycles. The van der Waals surface area contributed by atoms with Crippen molar-refractivity contribution >= 4 is 0 Å². The molecule has 1 N–H and O–H groups in total. The predicted octanol–water partition coefficient (Wildman–Crippen LogP) is 2.62. The highest BCUT2D eigenvalue weighted by Gasteiger charge is 2.27. The SMILES string of the molecule is CC1CN(Cc2occc2CNC2CC2)CC1C. The van der Waals surface area contributed by atoms with Crippen molar-refractivity contribution in [3.05, 3.63) is 23.7 Å². The Kier molecular flexibility index (Phi) is 3.44. The molecule has 2 fully saturated rings. The average molecular weight is 248 g/mol. The molecule has 1 aliphatic heterocycles. The van der Waals surface area contributed by atoms with Crippen LogP contribution >= 0.6 is 0 Å². The first-order chi connectivity index (χ1) is 8.72. The topological polar surface area (TPSA) is 28.4 Å². The molecule has 1 aromatic heterocycles. The minimum atomic E-state index is 0.764. The summed E-state index contributed by atoms with van der Waals surface area (Å²) in [6, 6.07) is 2.88. The van der Waals surface area contributed by atoms with Crippen LogP contribution in [-0.2, 0) is 13.1 Å². The number of hydrogen-bond acceptors (Lipinski definition) is 3. The Balaban J connectivity index is 1.56. The summed E-state index contributed by atoms with van der Waals surface area (Å²) in [5, 5.41) is 3.56. The molecular weight excluding hydrogens is 224 g/mol. The fourth-order valence-corrected chi connectivity index (χ4v) is 2.79. The molecule has 0 radical (unpaired) electrons. The van der Waals surface area contributed by atoms with Gasteiger partial charge in [-0.15, -0.1) is 0 Å². The Bertz CT molecular complexity index is 387. The smallest absolute Gasteiger partial charge is 0.122 e. The largest absolute Gasteiger partial charge is 0.468 e. The summed E-state index contributed by atoms with van der Waals surface area (Å²) in [6.07, 6.45) is 4.52. The van der Waals surface area contributed by atoms with Crippen LogP contribution in [0, 0.1) is 11.8 Å². The van der Waals surface area contributed by atoms with Crippen molar-refractivity contribution in [2.45, 2.75) is 45.8 Å². The van der Waals surface area contributed by atoms with E-state index in [9.17, 15) is 0 Å². The molecule has 1 aromatic rings. The first-order valence-electron chi connectivity index (χ1n) is 7.23. The molecule has 2 heterocycles. The van der Waals surface area contributed by atoms with Gasteiger partial charge in [0.1, 0.15) is 5.76 Å². The molecule has 3 rings (SSSR count). The van der Waals surface area contributed by atoms with Gasteiger partial charge in [-0.2, -0.15) is 0 Å². The Hall–Kier alpha value is -0.800. The van der Waals surface area contributed by atoms with Gasteiger partial charge in [0, 0.05) is 31.2 Å². The summed E-state index contributed by atoms with van der Waals surface area (Å²) in [5.74, 6) is 2.78. The summed E-state index contributed by atoms with van der Waals surface area (Å²) in [7, 11) is 0. The monoisotopic (exact) mass is 248 g/mol. The zero-order chi connectivity index (χ0) is 12.5. The van der Waals surface area contributed by atoms with Gasteiger partial charge < -0.3 is 9.73 Å². The van der Waals surface area contributed by atoms with Crippen molar-refractivity contribution in [1.29, 1.82) is 0 Å². The standard InChI is InChI=1S/C15H24N2O/c1-11-8-17(9-12(11)2)10-15-13(5-6-18-15)7-16-14-3-4-14/h5-6,11-12,14,16H,3-4,7-10H2,1-2H3. The van der Waals surface area contributed by atoms with Gasteiger partial charge >= 0.3 is 0 Å². The lowest BCUT2D eigenvalue weighted by Gasteiger charge is -2.14. The highest BCUT2D eigenvalue weighted by molar-refractivity contribution is 5.17. The maximum atomic E-state index is 5.67. The summed E-state index contributed by atoms with van der Waals surface area (Å²) in [5.41, 5.74) is 1.34. The van der Waals surface area contributed by atoms with E-state index in [0.29, 0.717) is 0 Å². The van der Waals surface area contributed by atoms with Crippen LogP contribution < -0.4 is 5.32 Å². The number of likely N-dealkylation sites (tertiary alicyclic amines) is 1. The first-order valence-corrected chi connectivity index (χ1v) is 7.23. The number of nitrogens with zero attached hydrogens (tertiary/aromatic N) is 1. The molecule has 0 amide bonds. The van der Waals surface area contributed by atoms with E-state index in [4.69, 9.17) is 4.42 Å². The van der Waals surface area contributed by atoms with Crippen molar-refractivity contribution in [1.82, 2.24) is 10.2 Å². The Morgan fingerprint density at radius 1 is 1.28 bits per heavy atom. The Labute approximate surface area is 110 Å². The van der Waals surface area contributed by atoms with Gasteiger partial charge in [0.25, 0.3) is 0 Å². The molecule has 0 bridgehead atoms. The third-order valence-electron chi connectivity index (χ3n) is 4.43. The van der Waals surface area contributed by atoms with E-state index in [0.717, 1.165) is 36.7 Å². The third kappa shape index (κ3) is 2.78. The fourth-order valence-electron chi connectivity index (χ4n) is 2.79. The highest BCUT2D eigenvalue weighted by Crippen LogP contribution is 2.25. The lowest BCUT2D eigenvalue weighted by atomic mass is 10.0. The van der Waals surface area contributed by atoms with E-state index in [1.54, 1.807) is 0 Å². The second kappa shape index (κ2) is 5.06. The molecular formula is C15H24N2O. The molecule has 100 valence electrons. The van der Waals surface area contributed by atoms with Crippen LogP contribution in [0.3, 0.4) is 0 Å². The van der Waals surface area contributed by atoms with Crippen molar-refractivity contribution in [2.75, 3.05) is 13.1 Å². The molecule has 3 heteroatoms. The number of nitrogens with one attached hydrogen (secondary N) is 1. The van der Waals surface area contributed by atoms with Crippen LogP contribution in [0.2, 0.25) is 0 Å². The van der Waals surface area contributed by atoms with Crippen LogP contribution in [0.4, 0.5) is 0 Å². The Morgan fingerprint density at radius 2 is 2.00 bits per heavy atom. The molecule has 18 heavy (non-hydrogen) atoms. The molecule has 3 nitrogen and oxygen atoms in total. The third-order valence-corrected chi connectivity index (χ3v) is 4.43. The van der Waals surface area contributed by atoms with Gasteiger partial charge in [-0.05, 0) is 30.7 Å². The quantitative estimate of drug-likeness (QED) is 0.868. The highest BCUT2D eigenvalue weighted by atomic mass is 16.3. The van der Waals surface area contributed by atoms with Gasteiger partial charge in [-0.25, -0.2) is 0 Å². The van der Waals surface area contributed by atoms with E-state index in [1.807, 2.05) is 6.26 Å². The van der Waals surface area contributed by atoms with Crippen LogP contribution in [0.15, 0.2) is 16.7 Å². The second-order valence-corrected chi connectivity index (χ2v) is 6.17. The lowest BCUT2D eigenvalue weighted by Crippen LogP contribution is -2.22. The van der Waals surface area contributed by atoms with Crippen molar-refractivity contribution in [3.8, 4) is 0 Å². The zero-order valence-corrected chi connectivity index (χ0v) is 11.5.